The Morgan fingerprint density at radius 1 is 1.38 bits per heavy atom. The molecule has 3 heteroatoms. The summed E-state index contributed by atoms with van der Waals surface area (Å²) < 4.78 is 5.09. The highest BCUT2D eigenvalue weighted by Crippen LogP contribution is 2.04. The zero-order valence-corrected chi connectivity index (χ0v) is 9.05. The van der Waals surface area contributed by atoms with Crippen LogP contribution in [0.25, 0.3) is 0 Å². The molecule has 0 aliphatic carbocycles. The van der Waals surface area contributed by atoms with Gasteiger partial charge in [0.1, 0.15) is 0 Å². The van der Waals surface area contributed by atoms with Gasteiger partial charge in [-0.2, -0.15) is 0 Å². The number of hydrogen-bond donors (Lipinski definition) is 1. The van der Waals surface area contributed by atoms with Gasteiger partial charge in [-0.25, -0.2) is 0 Å². The minimum atomic E-state index is 0.606. The zero-order valence-electron chi connectivity index (χ0n) is 9.05. The van der Waals surface area contributed by atoms with Gasteiger partial charge in [0.25, 0.3) is 0 Å². The van der Waals surface area contributed by atoms with E-state index in [1.165, 1.54) is 13.0 Å². The third kappa shape index (κ3) is 4.07. The molecule has 1 heterocycles. The van der Waals surface area contributed by atoms with Crippen molar-refractivity contribution in [2.75, 3.05) is 33.4 Å². The lowest BCUT2D eigenvalue weighted by Crippen LogP contribution is -2.38. The molecular formula is C10H22N2O. The summed E-state index contributed by atoms with van der Waals surface area (Å²) in [6, 6.07) is 1.26. The van der Waals surface area contributed by atoms with E-state index in [2.05, 4.69) is 24.1 Å². The van der Waals surface area contributed by atoms with Gasteiger partial charge in [0.15, 0.2) is 0 Å². The van der Waals surface area contributed by atoms with Crippen molar-refractivity contribution in [3.63, 3.8) is 0 Å². The summed E-state index contributed by atoms with van der Waals surface area (Å²) in [5.74, 6) is 0. The second-order valence-corrected chi connectivity index (χ2v) is 4.05. The molecule has 0 aromatic heterocycles. The lowest BCUT2D eigenvalue weighted by molar-refractivity contribution is 0.147. The van der Waals surface area contributed by atoms with E-state index in [-0.39, 0.29) is 0 Å². The number of nitrogens with zero attached hydrogens (tertiary/aromatic N) is 1. The molecule has 2 atom stereocenters. The molecule has 78 valence electrons. The van der Waals surface area contributed by atoms with Gasteiger partial charge in [0, 0.05) is 32.3 Å². The normalized spacial score (nSPS) is 31.6. The maximum Gasteiger partial charge on any atom is 0.0589 e. The van der Waals surface area contributed by atoms with E-state index >= 15 is 0 Å². The molecule has 0 bridgehead atoms. The monoisotopic (exact) mass is 186 g/mol. The molecule has 1 aliphatic heterocycles. The van der Waals surface area contributed by atoms with Crippen molar-refractivity contribution >= 4 is 0 Å². The molecule has 1 fully saturated rings. The number of hydrogen-bond acceptors (Lipinski definition) is 3. The van der Waals surface area contributed by atoms with E-state index in [1.807, 2.05) is 0 Å². The Morgan fingerprint density at radius 3 is 2.85 bits per heavy atom. The SMILES string of the molecule is COCCN1CCC(C)NC(C)C1. The maximum atomic E-state index is 5.09. The van der Waals surface area contributed by atoms with Crippen LogP contribution in [0.2, 0.25) is 0 Å². The highest BCUT2D eigenvalue weighted by atomic mass is 16.5. The molecule has 13 heavy (non-hydrogen) atoms. The largest absolute Gasteiger partial charge is 0.383 e. The van der Waals surface area contributed by atoms with Crippen LogP contribution in [0.15, 0.2) is 0 Å². The summed E-state index contributed by atoms with van der Waals surface area (Å²) in [6.07, 6.45) is 1.24. The quantitative estimate of drug-likeness (QED) is 0.702. The van der Waals surface area contributed by atoms with E-state index in [0.29, 0.717) is 12.1 Å². The second kappa shape index (κ2) is 5.58. The molecule has 0 amide bonds. The van der Waals surface area contributed by atoms with Crippen LogP contribution in [-0.2, 0) is 4.74 Å². The fourth-order valence-corrected chi connectivity index (χ4v) is 1.90. The van der Waals surface area contributed by atoms with Gasteiger partial charge in [-0.3, -0.25) is 4.90 Å². The van der Waals surface area contributed by atoms with E-state index in [1.54, 1.807) is 7.11 Å². The van der Waals surface area contributed by atoms with Crippen LogP contribution in [-0.4, -0.2) is 50.3 Å². The van der Waals surface area contributed by atoms with Crippen LogP contribution in [0.3, 0.4) is 0 Å². The smallest absolute Gasteiger partial charge is 0.0589 e. The molecule has 0 spiro atoms. The Morgan fingerprint density at radius 2 is 2.15 bits per heavy atom. The lowest BCUT2D eigenvalue weighted by Gasteiger charge is -2.21. The van der Waals surface area contributed by atoms with E-state index in [4.69, 9.17) is 4.74 Å². The Hall–Kier alpha value is -0.120. The molecule has 3 nitrogen and oxygen atoms in total. The summed E-state index contributed by atoms with van der Waals surface area (Å²) in [7, 11) is 1.77. The van der Waals surface area contributed by atoms with Crippen molar-refractivity contribution in [1.82, 2.24) is 10.2 Å². The summed E-state index contributed by atoms with van der Waals surface area (Å²) in [4.78, 5) is 2.48. The number of methoxy groups -OCH3 is 1. The fourth-order valence-electron chi connectivity index (χ4n) is 1.90. The van der Waals surface area contributed by atoms with Gasteiger partial charge >= 0.3 is 0 Å². The second-order valence-electron chi connectivity index (χ2n) is 4.05. The van der Waals surface area contributed by atoms with Gasteiger partial charge in [0.2, 0.25) is 0 Å². The molecule has 0 radical (unpaired) electrons. The first kappa shape index (κ1) is 11.0. The van der Waals surface area contributed by atoms with Gasteiger partial charge < -0.3 is 10.1 Å². The summed E-state index contributed by atoms with van der Waals surface area (Å²) in [5, 5.41) is 3.57. The van der Waals surface area contributed by atoms with Crippen LogP contribution in [0.1, 0.15) is 20.3 Å². The molecule has 1 rings (SSSR count). The topological polar surface area (TPSA) is 24.5 Å². The average Bonchev–Trinajstić information content (AvgIpc) is 2.23. The summed E-state index contributed by atoms with van der Waals surface area (Å²) in [5.41, 5.74) is 0. The van der Waals surface area contributed by atoms with Gasteiger partial charge in [-0.1, -0.05) is 0 Å². The predicted octanol–water partition coefficient (Wildman–Crippen LogP) is 0.705. The van der Waals surface area contributed by atoms with Crippen molar-refractivity contribution < 1.29 is 4.74 Å². The van der Waals surface area contributed by atoms with Crippen molar-refractivity contribution in [3.05, 3.63) is 0 Å². The van der Waals surface area contributed by atoms with Crippen molar-refractivity contribution in [2.45, 2.75) is 32.4 Å². The van der Waals surface area contributed by atoms with E-state index < -0.39 is 0 Å². The zero-order chi connectivity index (χ0) is 9.68. The highest BCUT2D eigenvalue weighted by Gasteiger charge is 2.17. The standard InChI is InChI=1S/C10H22N2O/c1-9-4-5-12(6-7-13-3)8-10(2)11-9/h9-11H,4-8H2,1-3H3. The molecule has 0 aromatic carbocycles. The third-order valence-corrected chi connectivity index (χ3v) is 2.59. The minimum absolute atomic E-state index is 0.606. The first-order chi connectivity index (χ1) is 6.22. The summed E-state index contributed by atoms with van der Waals surface area (Å²) >= 11 is 0. The summed E-state index contributed by atoms with van der Waals surface area (Å²) in [6.45, 7) is 8.77. The predicted molar refractivity (Wildman–Crippen MR) is 55.0 cm³/mol. The molecule has 0 aromatic rings. The molecule has 0 saturated carbocycles. The van der Waals surface area contributed by atoms with Gasteiger partial charge in [0.05, 0.1) is 6.61 Å². The Bertz CT molecular complexity index is 141. The Balaban J connectivity index is 2.30. The van der Waals surface area contributed by atoms with E-state index in [9.17, 15) is 0 Å². The van der Waals surface area contributed by atoms with Gasteiger partial charge in [-0.05, 0) is 26.8 Å². The number of ether oxygens (including phenoxy) is 1. The highest BCUT2D eigenvalue weighted by molar-refractivity contribution is 4.77. The molecule has 1 aliphatic rings. The minimum Gasteiger partial charge on any atom is -0.383 e. The van der Waals surface area contributed by atoms with Crippen molar-refractivity contribution in [1.29, 1.82) is 0 Å². The Kier molecular flexibility index (Phi) is 4.70. The first-order valence-electron chi connectivity index (χ1n) is 5.19. The van der Waals surface area contributed by atoms with Crippen LogP contribution in [0.5, 0.6) is 0 Å². The first-order valence-corrected chi connectivity index (χ1v) is 5.19. The number of rotatable bonds is 3. The van der Waals surface area contributed by atoms with Crippen LogP contribution in [0.4, 0.5) is 0 Å². The average molecular weight is 186 g/mol. The number of nitrogens with one attached hydrogen (secondary N) is 1. The fraction of sp³-hybridized carbons (Fsp3) is 1.00. The molecule has 1 N–H and O–H groups in total. The van der Waals surface area contributed by atoms with Gasteiger partial charge in [-0.15, -0.1) is 0 Å². The molecular weight excluding hydrogens is 164 g/mol. The van der Waals surface area contributed by atoms with Crippen LogP contribution < -0.4 is 5.32 Å². The maximum absolute atomic E-state index is 5.09. The lowest BCUT2D eigenvalue weighted by atomic mass is 10.2. The third-order valence-electron chi connectivity index (χ3n) is 2.59. The van der Waals surface area contributed by atoms with Crippen molar-refractivity contribution in [2.24, 2.45) is 0 Å². The van der Waals surface area contributed by atoms with E-state index in [0.717, 1.165) is 19.7 Å². The van der Waals surface area contributed by atoms with Crippen LogP contribution in [0, 0.1) is 0 Å². The molecule has 2 unspecified atom stereocenters. The molecule has 1 saturated heterocycles. The Labute approximate surface area is 81.4 Å². The van der Waals surface area contributed by atoms with Crippen LogP contribution >= 0.6 is 0 Å². The van der Waals surface area contributed by atoms with Crippen molar-refractivity contribution in [3.8, 4) is 0 Å².